The van der Waals surface area contributed by atoms with Gasteiger partial charge in [0.2, 0.25) is 5.91 Å². The van der Waals surface area contributed by atoms with Crippen molar-refractivity contribution in [3.8, 4) is 5.69 Å². The molecule has 1 aliphatic rings. The summed E-state index contributed by atoms with van der Waals surface area (Å²) < 4.78 is 1.87. The second-order valence-corrected chi connectivity index (χ2v) is 6.21. The van der Waals surface area contributed by atoms with E-state index in [1.54, 1.807) is 0 Å². The molecule has 0 bridgehead atoms. The number of anilines is 1. The van der Waals surface area contributed by atoms with E-state index in [0.29, 0.717) is 0 Å². The average Bonchev–Trinajstić information content (AvgIpc) is 3.06. The highest BCUT2D eigenvalue weighted by molar-refractivity contribution is 5.98. The van der Waals surface area contributed by atoms with E-state index in [2.05, 4.69) is 10.4 Å². The van der Waals surface area contributed by atoms with Crippen molar-refractivity contribution in [2.45, 2.75) is 45.1 Å². The Bertz CT molecular complexity index is 698. The molecule has 2 aromatic rings. The number of rotatable bonds is 3. The fraction of sp³-hybridized carbons (Fsp3) is 0.412. The number of hydrogen-bond donors (Lipinski definition) is 2. The van der Waals surface area contributed by atoms with E-state index in [4.69, 9.17) is 5.73 Å². The van der Waals surface area contributed by atoms with Gasteiger partial charge in [-0.25, -0.2) is 4.68 Å². The number of nitrogens with two attached hydrogens (primary N) is 1. The van der Waals surface area contributed by atoms with Crippen LogP contribution in [0.25, 0.3) is 5.69 Å². The number of amides is 1. The number of carbonyl (C=O) groups is 1. The average molecular weight is 298 g/mol. The van der Waals surface area contributed by atoms with Crippen LogP contribution in [0.5, 0.6) is 0 Å². The molecular weight excluding hydrogens is 276 g/mol. The molecule has 22 heavy (non-hydrogen) atoms. The van der Waals surface area contributed by atoms with Gasteiger partial charge in [0.15, 0.2) is 0 Å². The van der Waals surface area contributed by atoms with Crippen LogP contribution in [0.2, 0.25) is 0 Å². The lowest BCUT2D eigenvalue weighted by Crippen LogP contribution is -2.48. The maximum Gasteiger partial charge on any atom is 0.244 e. The normalized spacial score (nSPS) is 16.7. The molecule has 5 heteroatoms. The molecule has 0 aliphatic heterocycles. The van der Waals surface area contributed by atoms with Gasteiger partial charge in [0.25, 0.3) is 0 Å². The standard InChI is InChI=1S/C17H22N4O/c1-12-10-13(2)21(20-12)15-7-5-6-14(11-15)19-16(22)17(18)8-3-4-9-17/h5-7,10-11H,3-4,8-9,18H2,1-2H3,(H,19,22). The minimum absolute atomic E-state index is 0.0875. The molecule has 1 heterocycles. The van der Waals surface area contributed by atoms with Crippen molar-refractivity contribution in [2.24, 2.45) is 5.73 Å². The highest BCUT2D eigenvalue weighted by atomic mass is 16.2. The van der Waals surface area contributed by atoms with Gasteiger partial charge < -0.3 is 11.1 Å². The maximum atomic E-state index is 12.4. The first kappa shape index (κ1) is 14.8. The van der Waals surface area contributed by atoms with Crippen LogP contribution in [0, 0.1) is 13.8 Å². The number of nitrogens with zero attached hydrogens (tertiary/aromatic N) is 2. The summed E-state index contributed by atoms with van der Waals surface area (Å²) in [5.41, 5.74) is 9.20. The molecule has 3 rings (SSSR count). The van der Waals surface area contributed by atoms with Crippen molar-refractivity contribution in [3.63, 3.8) is 0 Å². The zero-order valence-electron chi connectivity index (χ0n) is 13.1. The number of carbonyl (C=O) groups excluding carboxylic acids is 1. The minimum Gasteiger partial charge on any atom is -0.324 e. The van der Waals surface area contributed by atoms with Gasteiger partial charge in [-0.1, -0.05) is 18.9 Å². The van der Waals surface area contributed by atoms with Crippen molar-refractivity contribution in [3.05, 3.63) is 41.7 Å². The topological polar surface area (TPSA) is 72.9 Å². The van der Waals surface area contributed by atoms with Crippen LogP contribution in [0.15, 0.2) is 30.3 Å². The molecule has 0 unspecified atom stereocenters. The number of aryl methyl sites for hydroxylation is 2. The van der Waals surface area contributed by atoms with Crippen LogP contribution >= 0.6 is 0 Å². The smallest absolute Gasteiger partial charge is 0.244 e. The summed E-state index contributed by atoms with van der Waals surface area (Å²) in [5, 5.41) is 7.43. The SMILES string of the molecule is Cc1cc(C)n(-c2cccc(NC(=O)C3(N)CCCC3)c2)n1. The zero-order valence-corrected chi connectivity index (χ0v) is 13.1. The Morgan fingerprint density at radius 2 is 2.00 bits per heavy atom. The van der Waals surface area contributed by atoms with Gasteiger partial charge in [-0.05, 0) is 51.0 Å². The van der Waals surface area contributed by atoms with Crippen molar-refractivity contribution < 1.29 is 4.79 Å². The van der Waals surface area contributed by atoms with Gasteiger partial charge in [0, 0.05) is 11.4 Å². The molecule has 0 atom stereocenters. The Labute approximate surface area is 130 Å². The Morgan fingerprint density at radius 1 is 1.27 bits per heavy atom. The van der Waals surface area contributed by atoms with Crippen molar-refractivity contribution >= 4 is 11.6 Å². The molecular formula is C17H22N4O. The molecule has 116 valence electrons. The fourth-order valence-corrected chi connectivity index (χ4v) is 3.09. The molecule has 0 saturated heterocycles. The lowest BCUT2D eigenvalue weighted by atomic mass is 9.98. The molecule has 1 aliphatic carbocycles. The summed E-state index contributed by atoms with van der Waals surface area (Å²) in [5.74, 6) is -0.0875. The summed E-state index contributed by atoms with van der Waals surface area (Å²) in [6.07, 6.45) is 3.57. The van der Waals surface area contributed by atoms with Crippen LogP contribution in [0.1, 0.15) is 37.1 Å². The Morgan fingerprint density at radius 3 is 2.64 bits per heavy atom. The summed E-state index contributed by atoms with van der Waals surface area (Å²) in [6.45, 7) is 3.98. The molecule has 5 nitrogen and oxygen atoms in total. The number of nitrogens with one attached hydrogen (secondary N) is 1. The lowest BCUT2D eigenvalue weighted by molar-refractivity contribution is -0.121. The van der Waals surface area contributed by atoms with Gasteiger partial charge in [-0.15, -0.1) is 0 Å². The first-order valence-corrected chi connectivity index (χ1v) is 7.72. The fourth-order valence-electron chi connectivity index (χ4n) is 3.09. The molecule has 0 radical (unpaired) electrons. The van der Waals surface area contributed by atoms with E-state index in [1.807, 2.05) is 48.9 Å². The first-order chi connectivity index (χ1) is 10.5. The maximum absolute atomic E-state index is 12.4. The van der Waals surface area contributed by atoms with Crippen molar-refractivity contribution in [1.29, 1.82) is 0 Å². The van der Waals surface area contributed by atoms with E-state index in [9.17, 15) is 4.79 Å². The van der Waals surface area contributed by atoms with E-state index in [-0.39, 0.29) is 5.91 Å². The summed E-state index contributed by atoms with van der Waals surface area (Å²) >= 11 is 0. The van der Waals surface area contributed by atoms with Crippen LogP contribution < -0.4 is 11.1 Å². The van der Waals surface area contributed by atoms with Crippen LogP contribution in [0.3, 0.4) is 0 Å². The molecule has 1 aromatic carbocycles. The van der Waals surface area contributed by atoms with Gasteiger partial charge in [-0.2, -0.15) is 5.10 Å². The quantitative estimate of drug-likeness (QED) is 0.915. The van der Waals surface area contributed by atoms with E-state index < -0.39 is 5.54 Å². The van der Waals surface area contributed by atoms with Gasteiger partial charge in [0.1, 0.15) is 0 Å². The molecule has 1 aromatic heterocycles. The van der Waals surface area contributed by atoms with E-state index in [1.165, 1.54) is 0 Å². The van der Waals surface area contributed by atoms with Crippen LogP contribution in [0.4, 0.5) is 5.69 Å². The lowest BCUT2D eigenvalue weighted by Gasteiger charge is -2.22. The second-order valence-electron chi connectivity index (χ2n) is 6.21. The summed E-state index contributed by atoms with van der Waals surface area (Å²) in [4.78, 5) is 12.4. The zero-order chi connectivity index (χ0) is 15.7. The molecule has 1 fully saturated rings. The van der Waals surface area contributed by atoms with E-state index in [0.717, 1.165) is 48.4 Å². The largest absolute Gasteiger partial charge is 0.324 e. The predicted octanol–water partition coefficient (Wildman–Crippen LogP) is 2.70. The third-order valence-corrected chi connectivity index (χ3v) is 4.31. The Hall–Kier alpha value is -2.14. The van der Waals surface area contributed by atoms with E-state index >= 15 is 0 Å². The molecule has 1 amide bonds. The molecule has 0 spiro atoms. The third kappa shape index (κ3) is 2.76. The summed E-state index contributed by atoms with van der Waals surface area (Å²) in [6, 6.07) is 9.72. The predicted molar refractivity (Wildman–Crippen MR) is 87.1 cm³/mol. The van der Waals surface area contributed by atoms with Crippen molar-refractivity contribution in [2.75, 3.05) is 5.32 Å². The molecule has 1 saturated carbocycles. The Kier molecular flexibility index (Phi) is 3.74. The minimum atomic E-state index is -0.714. The molecule has 3 N–H and O–H groups in total. The Balaban J connectivity index is 1.82. The number of hydrogen-bond acceptors (Lipinski definition) is 3. The van der Waals surface area contributed by atoms with Gasteiger partial charge in [-0.3, -0.25) is 4.79 Å². The monoisotopic (exact) mass is 298 g/mol. The first-order valence-electron chi connectivity index (χ1n) is 7.72. The highest BCUT2D eigenvalue weighted by Gasteiger charge is 2.36. The summed E-state index contributed by atoms with van der Waals surface area (Å²) in [7, 11) is 0. The number of aromatic nitrogens is 2. The van der Waals surface area contributed by atoms with Crippen molar-refractivity contribution in [1.82, 2.24) is 9.78 Å². The van der Waals surface area contributed by atoms with Gasteiger partial charge in [0.05, 0.1) is 16.9 Å². The number of benzene rings is 1. The van der Waals surface area contributed by atoms with Crippen LogP contribution in [-0.2, 0) is 4.79 Å². The third-order valence-electron chi connectivity index (χ3n) is 4.31. The van der Waals surface area contributed by atoms with Crippen LogP contribution in [-0.4, -0.2) is 21.2 Å². The van der Waals surface area contributed by atoms with Gasteiger partial charge >= 0.3 is 0 Å². The highest BCUT2D eigenvalue weighted by Crippen LogP contribution is 2.28. The second kappa shape index (κ2) is 5.57.